The Hall–Kier alpha value is -1.27. The molecular formula is C15H22N4OS. The maximum Gasteiger partial charge on any atom is 0.244 e. The Balaban J connectivity index is 1.72. The van der Waals surface area contributed by atoms with E-state index in [4.69, 9.17) is 4.74 Å². The molecule has 6 heteroatoms. The van der Waals surface area contributed by atoms with Crippen LogP contribution in [0.25, 0.3) is 10.3 Å². The molecule has 114 valence electrons. The lowest BCUT2D eigenvalue weighted by Crippen LogP contribution is -2.35. The fourth-order valence-electron chi connectivity index (χ4n) is 2.85. The summed E-state index contributed by atoms with van der Waals surface area (Å²) >= 11 is 1.63. The van der Waals surface area contributed by atoms with Gasteiger partial charge in [-0.15, -0.1) is 0 Å². The van der Waals surface area contributed by atoms with Crippen LogP contribution in [-0.2, 0) is 6.42 Å². The molecule has 0 amide bonds. The molecule has 2 aromatic rings. The number of aryl methyl sites for hydroxylation is 1. The van der Waals surface area contributed by atoms with E-state index in [1.54, 1.807) is 17.7 Å². The average Bonchev–Trinajstić information content (AvgIpc) is 2.92. The normalized spacial score (nSPS) is 22.9. The number of fused-ring (bicyclic) bond motifs is 1. The van der Waals surface area contributed by atoms with Crippen LogP contribution in [0.2, 0.25) is 0 Å². The molecule has 0 radical (unpaired) electrons. The molecule has 3 rings (SSSR count). The number of rotatable bonds is 4. The van der Waals surface area contributed by atoms with Gasteiger partial charge in [0.05, 0.1) is 5.01 Å². The molecule has 0 aromatic carbocycles. The summed E-state index contributed by atoms with van der Waals surface area (Å²) in [6.07, 6.45) is 7.30. The van der Waals surface area contributed by atoms with Gasteiger partial charge in [-0.25, -0.2) is 9.97 Å². The van der Waals surface area contributed by atoms with Crippen molar-refractivity contribution in [1.82, 2.24) is 19.9 Å². The average molecular weight is 306 g/mol. The SMILES string of the molecule is CCc1nc2c(OC3CCC(N(C)C)CC3)ncnc2s1. The van der Waals surface area contributed by atoms with Crippen molar-refractivity contribution in [1.29, 1.82) is 0 Å². The topological polar surface area (TPSA) is 51.1 Å². The Morgan fingerprint density at radius 1 is 1.24 bits per heavy atom. The molecular weight excluding hydrogens is 284 g/mol. The molecule has 1 aliphatic rings. The van der Waals surface area contributed by atoms with Gasteiger partial charge in [-0.2, -0.15) is 4.98 Å². The van der Waals surface area contributed by atoms with Crippen LogP contribution in [0.3, 0.4) is 0 Å². The molecule has 0 bridgehead atoms. The summed E-state index contributed by atoms with van der Waals surface area (Å²) in [7, 11) is 4.31. The highest BCUT2D eigenvalue weighted by molar-refractivity contribution is 7.18. The highest BCUT2D eigenvalue weighted by Crippen LogP contribution is 2.30. The molecule has 21 heavy (non-hydrogen) atoms. The third-order valence-electron chi connectivity index (χ3n) is 4.16. The van der Waals surface area contributed by atoms with Crippen molar-refractivity contribution in [2.45, 2.75) is 51.2 Å². The molecule has 0 unspecified atom stereocenters. The predicted octanol–water partition coefficient (Wildman–Crippen LogP) is 2.90. The predicted molar refractivity (Wildman–Crippen MR) is 84.9 cm³/mol. The summed E-state index contributed by atoms with van der Waals surface area (Å²) in [5.41, 5.74) is 0.828. The molecule has 0 N–H and O–H groups in total. The second-order valence-corrected chi connectivity index (χ2v) is 6.87. The number of hydrogen-bond donors (Lipinski definition) is 0. The van der Waals surface area contributed by atoms with Gasteiger partial charge in [0.2, 0.25) is 5.88 Å². The van der Waals surface area contributed by atoms with Crippen molar-refractivity contribution in [3.05, 3.63) is 11.3 Å². The van der Waals surface area contributed by atoms with Crippen LogP contribution in [0, 0.1) is 0 Å². The lowest BCUT2D eigenvalue weighted by molar-refractivity contribution is 0.108. The minimum absolute atomic E-state index is 0.256. The zero-order valence-electron chi connectivity index (χ0n) is 12.9. The van der Waals surface area contributed by atoms with Gasteiger partial charge in [0.15, 0.2) is 10.3 Å². The summed E-state index contributed by atoms with van der Waals surface area (Å²) in [5.74, 6) is 0.657. The first-order chi connectivity index (χ1) is 10.2. The third-order valence-corrected chi connectivity index (χ3v) is 5.27. The third kappa shape index (κ3) is 3.16. The molecule has 2 heterocycles. The van der Waals surface area contributed by atoms with Gasteiger partial charge in [0.25, 0.3) is 0 Å². The quantitative estimate of drug-likeness (QED) is 0.869. The van der Waals surface area contributed by atoms with E-state index in [2.05, 4.69) is 40.9 Å². The zero-order chi connectivity index (χ0) is 14.8. The van der Waals surface area contributed by atoms with Crippen LogP contribution in [-0.4, -0.2) is 46.1 Å². The van der Waals surface area contributed by atoms with E-state index >= 15 is 0 Å². The summed E-state index contributed by atoms with van der Waals surface area (Å²) in [5, 5.41) is 1.09. The van der Waals surface area contributed by atoms with Crippen molar-refractivity contribution < 1.29 is 4.74 Å². The van der Waals surface area contributed by atoms with E-state index in [-0.39, 0.29) is 6.10 Å². The Morgan fingerprint density at radius 2 is 2.00 bits per heavy atom. The maximum absolute atomic E-state index is 6.13. The van der Waals surface area contributed by atoms with Crippen molar-refractivity contribution in [2.24, 2.45) is 0 Å². The van der Waals surface area contributed by atoms with Crippen LogP contribution < -0.4 is 4.74 Å². The van der Waals surface area contributed by atoms with Crippen molar-refractivity contribution in [2.75, 3.05) is 14.1 Å². The van der Waals surface area contributed by atoms with Crippen LogP contribution in [0.1, 0.15) is 37.6 Å². The second kappa shape index (κ2) is 6.23. The molecule has 5 nitrogen and oxygen atoms in total. The largest absolute Gasteiger partial charge is 0.473 e. The molecule has 0 aliphatic heterocycles. The standard InChI is InChI=1S/C15H22N4OS/c1-4-12-18-13-14(16-9-17-15(13)21-12)20-11-7-5-10(6-8-11)19(2)3/h9-11H,4-8H2,1-3H3. The van der Waals surface area contributed by atoms with Crippen LogP contribution in [0.5, 0.6) is 5.88 Å². The Morgan fingerprint density at radius 3 is 2.67 bits per heavy atom. The first-order valence-corrected chi connectivity index (χ1v) is 8.42. The van der Waals surface area contributed by atoms with Gasteiger partial charge in [-0.1, -0.05) is 18.3 Å². The molecule has 0 atom stereocenters. The van der Waals surface area contributed by atoms with Gasteiger partial charge in [-0.05, 0) is 46.2 Å². The first-order valence-electron chi connectivity index (χ1n) is 7.61. The van der Waals surface area contributed by atoms with Crippen LogP contribution >= 0.6 is 11.3 Å². The van der Waals surface area contributed by atoms with E-state index < -0.39 is 0 Å². The number of aromatic nitrogens is 3. The summed E-state index contributed by atoms with van der Waals surface area (Å²) in [6.45, 7) is 2.11. The highest BCUT2D eigenvalue weighted by Gasteiger charge is 2.25. The minimum Gasteiger partial charge on any atom is -0.473 e. The molecule has 1 fully saturated rings. The Bertz CT molecular complexity index is 605. The van der Waals surface area contributed by atoms with Crippen molar-refractivity contribution >= 4 is 21.7 Å². The smallest absolute Gasteiger partial charge is 0.244 e. The van der Waals surface area contributed by atoms with E-state index in [1.165, 1.54) is 12.8 Å². The van der Waals surface area contributed by atoms with Gasteiger partial charge >= 0.3 is 0 Å². The van der Waals surface area contributed by atoms with Crippen molar-refractivity contribution in [3.8, 4) is 5.88 Å². The molecule has 0 spiro atoms. The number of hydrogen-bond acceptors (Lipinski definition) is 6. The van der Waals surface area contributed by atoms with Crippen LogP contribution in [0.15, 0.2) is 6.33 Å². The van der Waals surface area contributed by atoms with E-state index in [1.807, 2.05) is 0 Å². The van der Waals surface area contributed by atoms with Gasteiger partial charge in [-0.3, -0.25) is 0 Å². The molecule has 2 aromatic heterocycles. The fraction of sp³-hybridized carbons (Fsp3) is 0.667. The lowest BCUT2D eigenvalue weighted by atomic mass is 9.92. The van der Waals surface area contributed by atoms with Crippen LogP contribution in [0.4, 0.5) is 0 Å². The molecule has 1 aliphatic carbocycles. The maximum atomic E-state index is 6.13. The molecule has 0 saturated heterocycles. The number of thiazole rings is 1. The Labute approximate surface area is 129 Å². The summed E-state index contributed by atoms with van der Waals surface area (Å²) in [6, 6.07) is 0.682. The van der Waals surface area contributed by atoms with Gasteiger partial charge in [0, 0.05) is 6.04 Å². The zero-order valence-corrected chi connectivity index (χ0v) is 13.7. The second-order valence-electron chi connectivity index (χ2n) is 5.81. The minimum atomic E-state index is 0.256. The number of nitrogens with zero attached hydrogens (tertiary/aromatic N) is 4. The van der Waals surface area contributed by atoms with E-state index in [9.17, 15) is 0 Å². The summed E-state index contributed by atoms with van der Waals surface area (Å²) in [4.78, 5) is 16.4. The highest BCUT2D eigenvalue weighted by atomic mass is 32.1. The summed E-state index contributed by atoms with van der Waals surface area (Å²) < 4.78 is 6.13. The van der Waals surface area contributed by atoms with Gasteiger partial charge < -0.3 is 9.64 Å². The van der Waals surface area contributed by atoms with Gasteiger partial charge in [0.1, 0.15) is 12.4 Å². The fourth-order valence-corrected chi connectivity index (χ4v) is 3.69. The van der Waals surface area contributed by atoms with Crippen molar-refractivity contribution in [3.63, 3.8) is 0 Å². The number of ether oxygens (including phenoxy) is 1. The first kappa shape index (κ1) is 14.7. The Kier molecular flexibility index (Phi) is 4.35. The lowest BCUT2D eigenvalue weighted by Gasteiger charge is -2.32. The van der Waals surface area contributed by atoms with E-state index in [0.717, 1.165) is 34.6 Å². The molecule has 1 saturated carbocycles. The monoisotopic (exact) mass is 306 g/mol. The van der Waals surface area contributed by atoms with E-state index in [0.29, 0.717) is 11.9 Å².